The second kappa shape index (κ2) is 4.93. The van der Waals surface area contributed by atoms with E-state index in [1.54, 1.807) is 0 Å². The van der Waals surface area contributed by atoms with Gasteiger partial charge in [-0.05, 0) is 25.0 Å². The zero-order valence-corrected chi connectivity index (χ0v) is 10.5. The van der Waals surface area contributed by atoms with Crippen molar-refractivity contribution in [1.29, 1.82) is 0 Å². The quantitative estimate of drug-likeness (QED) is 0.863. The summed E-state index contributed by atoms with van der Waals surface area (Å²) in [6.45, 7) is 0. The van der Waals surface area contributed by atoms with Gasteiger partial charge in [0.05, 0.1) is 17.1 Å². The molecule has 1 fully saturated rings. The van der Waals surface area contributed by atoms with Crippen LogP contribution in [0.1, 0.15) is 36.2 Å². The minimum absolute atomic E-state index is 0.112. The van der Waals surface area contributed by atoms with Crippen molar-refractivity contribution in [3.8, 4) is 0 Å². The molecule has 1 aliphatic carbocycles. The van der Waals surface area contributed by atoms with Crippen LogP contribution in [-0.2, 0) is 10.0 Å². The van der Waals surface area contributed by atoms with Gasteiger partial charge >= 0.3 is 5.97 Å². The molecule has 0 aromatic carbocycles. The topological polar surface area (TPSA) is 96.4 Å². The largest absolute Gasteiger partial charge is 0.477 e. The van der Waals surface area contributed by atoms with Crippen LogP contribution in [0.2, 0.25) is 0 Å². The fraction of sp³-hybridized carbons (Fsp3) is 0.455. The molecule has 0 unspecified atom stereocenters. The molecular formula is C11H14N2O4S. The number of nitrogens with one attached hydrogen (secondary N) is 1. The van der Waals surface area contributed by atoms with Gasteiger partial charge < -0.3 is 5.11 Å². The summed E-state index contributed by atoms with van der Waals surface area (Å²) >= 11 is 0. The maximum atomic E-state index is 12.0. The Balaban J connectivity index is 2.11. The van der Waals surface area contributed by atoms with E-state index in [1.807, 2.05) is 0 Å². The van der Waals surface area contributed by atoms with Crippen LogP contribution in [0.5, 0.6) is 0 Å². The van der Waals surface area contributed by atoms with E-state index in [-0.39, 0.29) is 10.9 Å². The molecule has 1 heterocycles. The number of hydrogen-bond donors (Lipinski definition) is 2. The van der Waals surface area contributed by atoms with Crippen molar-refractivity contribution >= 4 is 21.7 Å². The summed E-state index contributed by atoms with van der Waals surface area (Å²) < 4.78 is 26.4. The molecule has 6 nitrogen and oxygen atoms in total. The number of hydrogen-bond acceptors (Lipinski definition) is 4. The highest BCUT2D eigenvalue weighted by Gasteiger charge is 2.28. The lowest BCUT2D eigenvalue weighted by Gasteiger charge is -2.12. The Labute approximate surface area is 105 Å². The van der Waals surface area contributed by atoms with Gasteiger partial charge in [-0.2, -0.15) is 0 Å². The fourth-order valence-electron chi connectivity index (χ4n) is 2.03. The summed E-state index contributed by atoms with van der Waals surface area (Å²) in [4.78, 5) is 14.3. The SMILES string of the molecule is O=C(O)c1ccc(NS(=O)(=O)C2CCCC2)cn1. The van der Waals surface area contributed by atoms with Crippen molar-refractivity contribution in [3.05, 3.63) is 24.0 Å². The maximum absolute atomic E-state index is 12.0. The van der Waals surface area contributed by atoms with Crippen molar-refractivity contribution < 1.29 is 18.3 Å². The van der Waals surface area contributed by atoms with Crippen molar-refractivity contribution in [2.24, 2.45) is 0 Å². The number of carboxylic acids is 1. The highest BCUT2D eigenvalue weighted by Crippen LogP contribution is 2.25. The van der Waals surface area contributed by atoms with Crippen LogP contribution in [-0.4, -0.2) is 29.7 Å². The van der Waals surface area contributed by atoms with Crippen molar-refractivity contribution in [1.82, 2.24) is 4.98 Å². The number of carboxylic acid groups (broad SMARTS) is 1. The van der Waals surface area contributed by atoms with Gasteiger partial charge in [-0.1, -0.05) is 12.8 Å². The van der Waals surface area contributed by atoms with E-state index in [0.29, 0.717) is 18.5 Å². The standard InChI is InChI=1S/C11H14N2O4S/c14-11(15)10-6-5-8(7-12-10)13-18(16,17)9-3-1-2-4-9/h5-7,9,13H,1-4H2,(H,14,15). The maximum Gasteiger partial charge on any atom is 0.354 e. The Kier molecular flexibility index (Phi) is 3.51. The van der Waals surface area contributed by atoms with E-state index in [1.165, 1.54) is 18.3 Å². The lowest BCUT2D eigenvalue weighted by Crippen LogP contribution is -2.25. The molecule has 0 atom stereocenters. The van der Waals surface area contributed by atoms with E-state index in [0.717, 1.165) is 12.8 Å². The molecular weight excluding hydrogens is 256 g/mol. The van der Waals surface area contributed by atoms with E-state index < -0.39 is 16.0 Å². The molecule has 0 aliphatic heterocycles. The number of rotatable bonds is 4. The molecule has 1 aliphatic rings. The number of carbonyl (C=O) groups is 1. The first kappa shape index (κ1) is 12.8. The normalized spacial score (nSPS) is 16.7. The average Bonchev–Trinajstić information content (AvgIpc) is 2.83. The summed E-state index contributed by atoms with van der Waals surface area (Å²) in [6, 6.07) is 2.68. The molecule has 7 heteroatoms. The first-order valence-corrected chi connectivity index (χ1v) is 7.24. The second-order valence-corrected chi connectivity index (χ2v) is 6.25. The average molecular weight is 270 g/mol. The van der Waals surface area contributed by atoms with Gasteiger partial charge in [-0.15, -0.1) is 0 Å². The van der Waals surface area contributed by atoms with Gasteiger partial charge in [0.25, 0.3) is 0 Å². The summed E-state index contributed by atoms with van der Waals surface area (Å²) in [5, 5.41) is 8.33. The third-order valence-corrected chi connectivity index (χ3v) is 4.85. The monoisotopic (exact) mass is 270 g/mol. The smallest absolute Gasteiger partial charge is 0.354 e. The number of aromatic nitrogens is 1. The zero-order chi connectivity index (χ0) is 13.2. The summed E-state index contributed by atoms with van der Waals surface area (Å²) in [5.74, 6) is -1.14. The van der Waals surface area contributed by atoms with E-state index >= 15 is 0 Å². The minimum Gasteiger partial charge on any atom is -0.477 e. The van der Waals surface area contributed by atoms with E-state index in [4.69, 9.17) is 5.11 Å². The Morgan fingerprint density at radius 1 is 1.33 bits per heavy atom. The lowest BCUT2D eigenvalue weighted by molar-refractivity contribution is 0.0690. The van der Waals surface area contributed by atoms with Crippen molar-refractivity contribution in [3.63, 3.8) is 0 Å². The van der Waals surface area contributed by atoms with Gasteiger partial charge in [0.1, 0.15) is 5.69 Å². The molecule has 2 rings (SSSR count). The van der Waals surface area contributed by atoms with Crippen LogP contribution in [0.25, 0.3) is 0 Å². The molecule has 0 saturated heterocycles. The Hall–Kier alpha value is -1.63. The van der Waals surface area contributed by atoms with Gasteiger partial charge in [-0.3, -0.25) is 4.72 Å². The van der Waals surface area contributed by atoms with Crippen molar-refractivity contribution in [2.45, 2.75) is 30.9 Å². The van der Waals surface area contributed by atoms with Crippen LogP contribution in [0.4, 0.5) is 5.69 Å². The van der Waals surface area contributed by atoms with Gasteiger partial charge in [0, 0.05) is 0 Å². The minimum atomic E-state index is -3.38. The van der Waals surface area contributed by atoms with E-state index in [9.17, 15) is 13.2 Å². The molecule has 0 bridgehead atoms. The zero-order valence-electron chi connectivity index (χ0n) is 9.67. The van der Waals surface area contributed by atoms with Gasteiger partial charge in [-0.25, -0.2) is 18.2 Å². The number of anilines is 1. The number of sulfonamides is 1. The molecule has 1 aromatic rings. The fourth-order valence-corrected chi connectivity index (χ4v) is 3.60. The van der Waals surface area contributed by atoms with Crippen LogP contribution >= 0.6 is 0 Å². The number of nitrogens with zero attached hydrogens (tertiary/aromatic N) is 1. The molecule has 1 aromatic heterocycles. The number of pyridine rings is 1. The van der Waals surface area contributed by atoms with Crippen LogP contribution < -0.4 is 4.72 Å². The predicted octanol–water partition coefficient (Wildman–Crippen LogP) is 1.46. The summed E-state index contributed by atoms with van der Waals surface area (Å²) in [5.41, 5.74) is 0.186. The van der Waals surface area contributed by atoms with Crippen LogP contribution in [0.15, 0.2) is 18.3 Å². The highest BCUT2D eigenvalue weighted by atomic mass is 32.2. The molecule has 18 heavy (non-hydrogen) atoms. The molecule has 98 valence electrons. The van der Waals surface area contributed by atoms with Crippen LogP contribution in [0.3, 0.4) is 0 Å². The molecule has 0 radical (unpaired) electrons. The predicted molar refractivity (Wildman–Crippen MR) is 66.0 cm³/mol. The third-order valence-electron chi connectivity index (χ3n) is 2.98. The second-order valence-electron chi connectivity index (χ2n) is 4.29. The summed E-state index contributed by atoms with van der Waals surface area (Å²) in [7, 11) is -3.38. The first-order valence-electron chi connectivity index (χ1n) is 5.70. The molecule has 0 amide bonds. The molecule has 0 spiro atoms. The van der Waals surface area contributed by atoms with Crippen molar-refractivity contribution in [2.75, 3.05) is 4.72 Å². The van der Waals surface area contributed by atoms with Gasteiger partial charge in [0.15, 0.2) is 0 Å². The molecule has 2 N–H and O–H groups in total. The molecule has 1 saturated carbocycles. The van der Waals surface area contributed by atoms with Crippen LogP contribution in [0, 0.1) is 0 Å². The lowest BCUT2D eigenvalue weighted by atomic mass is 10.3. The Morgan fingerprint density at radius 2 is 2.00 bits per heavy atom. The van der Waals surface area contributed by atoms with Gasteiger partial charge in [0.2, 0.25) is 10.0 Å². The first-order chi connectivity index (χ1) is 8.49. The highest BCUT2D eigenvalue weighted by molar-refractivity contribution is 7.93. The third kappa shape index (κ3) is 2.79. The van der Waals surface area contributed by atoms with E-state index in [2.05, 4.69) is 9.71 Å². The Bertz CT molecular complexity index is 533. The Morgan fingerprint density at radius 3 is 2.50 bits per heavy atom. The summed E-state index contributed by atoms with van der Waals surface area (Å²) in [6.07, 6.45) is 4.44. The number of aromatic carboxylic acids is 1.